The zero-order valence-electron chi connectivity index (χ0n) is 14.2. The maximum Gasteiger partial charge on any atom is 0.126 e. The second-order valence-electron chi connectivity index (χ2n) is 7.85. The van der Waals surface area contributed by atoms with Crippen LogP contribution in [-0.2, 0) is 0 Å². The third-order valence-corrected chi connectivity index (χ3v) is 4.93. The first-order chi connectivity index (χ1) is 9.78. The van der Waals surface area contributed by atoms with E-state index in [9.17, 15) is 4.39 Å². The molecule has 0 spiro atoms. The van der Waals surface area contributed by atoms with Gasteiger partial charge < -0.3 is 5.32 Å². The molecule has 0 heterocycles. The molecule has 0 aromatic heterocycles. The van der Waals surface area contributed by atoms with Gasteiger partial charge in [0.2, 0.25) is 0 Å². The van der Waals surface area contributed by atoms with Crippen LogP contribution in [0.4, 0.5) is 4.39 Å². The molecular formula is C19H30FN. The molecule has 1 nitrogen and oxygen atoms in total. The molecule has 1 N–H and O–H groups in total. The molecule has 1 aliphatic rings. The van der Waals surface area contributed by atoms with E-state index in [4.69, 9.17) is 0 Å². The number of halogens is 1. The number of hydrogen-bond donors (Lipinski definition) is 1. The Labute approximate surface area is 129 Å². The standard InChI is InChI=1S/C19H30FN/c1-13(2)21-12-16-8-9-19(4,5)11-17(16)15-6-7-18(20)14(3)10-15/h6-7,10,13,16-17,21H,8-9,11-12H2,1-5H3. The number of hydrogen-bond acceptors (Lipinski definition) is 1. The molecule has 0 saturated heterocycles. The fourth-order valence-electron chi connectivity index (χ4n) is 3.56. The van der Waals surface area contributed by atoms with Crippen molar-refractivity contribution in [3.63, 3.8) is 0 Å². The fourth-order valence-corrected chi connectivity index (χ4v) is 3.56. The smallest absolute Gasteiger partial charge is 0.126 e. The molecule has 0 bridgehead atoms. The van der Waals surface area contributed by atoms with E-state index in [-0.39, 0.29) is 5.82 Å². The molecule has 21 heavy (non-hydrogen) atoms. The van der Waals surface area contributed by atoms with Gasteiger partial charge in [0.15, 0.2) is 0 Å². The topological polar surface area (TPSA) is 12.0 Å². The summed E-state index contributed by atoms with van der Waals surface area (Å²) in [6.45, 7) is 12.1. The molecule has 118 valence electrons. The van der Waals surface area contributed by atoms with Crippen LogP contribution in [0.3, 0.4) is 0 Å². The summed E-state index contributed by atoms with van der Waals surface area (Å²) >= 11 is 0. The number of nitrogens with one attached hydrogen (secondary N) is 1. The molecule has 2 heteroatoms. The summed E-state index contributed by atoms with van der Waals surface area (Å²) in [5, 5.41) is 3.59. The summed E-state index contributed by atoms with van der Waals surface area (Å²) in [5.74, 6) is 1.11. The van der Waals surface area contributed by atoms with Gasteiger partial charge in [-0.05, 0) is 67.2 Å². The molecule has 0 amide bonds. The summed E-state index contributed by atoms with van der Waals surface area (Å²) in [7, 11) is 0. The van der Waals surface area contributed by atoms with E-state index in [2.05, 4.69) is 39.1 Å². The van der Waals surface area contributed by atoms with Crippen molar-refractivity contribution in [2.24, 2.45) is 11.3 Å². The second kappa shape index (κ2) is 6.48. The van der Waals surface area contributed by atoms with Gasteiger partial charge in [-0.25, -0.2) is 4.39 Å². The average molecular weight is 291 g/mol. The minimum atomic E-state index is -0.0920. The zero-order valence-corrected chi connectivity index (χ0v) is 14.2. The lowest BCUT2D eigenvalue weighted by Gasteiger charge is -2.41. The van der Waals surface area contributed by atoms with Crippen LogP contribution in [0.2, 0.25) is 0 Å². The van der Waals surface area contributed by atoms with Gasteiger partial charge in [-0.15, -0.1) is 0 Å². The van der Waals surface area contributed by atoms with E-state index in [0.717, 1.165) is 12.1 Å². The maximum absolute atomic E-state index is 13.6. The van der Waals surface area contributed by atoms with Crippen molar-refractivity contribution in [2.75, 3.05) is 6.54 Å². The number of rotatable bonds is 4. The van der Waals surface area contributed by atoms with Crippen LogP contribution in [0.5, 0.6) is 0 Å². The van der Waals surface area contributed by atoms with Crippen molar-refractivity contribution in [3.8, 4) is 0 Å². The van der Waals surface area contributed by atoms with E-state index < -0.39 is 0 Å². The summed E-state index contributed by atoms with van der Waals surface area (Å²) < 4.78 is 13.6. The molecule has 0 radical (unpaired) electrons. The maximum atomic E-state index is 13.6. The van der Waals surface area contributed by atoms with E-state index in [1.165, 1.54) is 24.8 Å². The van der Waals surface area contributed by atoms with Gasteiger partial charge in [-0.2, -0.15) is 0 Å². The predicted molar refractivity (Wildman–Crippen MR) is 88.1 cm³/mol. The molecule has 1 aliphatic carbocycles. The molecule has 0 aliphatic heterocycles. The van der Waals surface area contributed by atoms with E-state index in [1.54, 1.807) is 6.07 Å². The lowest BCUT2D eigenvalue weighted by atomic mass is 9.65. The molecule has 1 aromatic rings. The molecular weight excluding hydrogens is 261 g/mol. The van der Waals surface area contributed by atoms with E-state index in [1.807, 2.05) is 13.0 Å². The van der Waals surface area contributed by atoms with Gasteiger partial charge in [0, 0.05) is 6.04 Å². The van der Waals surface area contributed by atoms with Gasteiger partial charge in [-0.3, -0.25) is 0 Å². The van der Waals surface area contributed by atoms with Crippen molar-refractivity contribution < 1.29 is 4.39 Å². The summed E-state index contributed by atoms with van der Waals surface area (Å²) in [4.78, 5) is 0. The minimum Gasteiger partial charge on any atom is -0.314 e. The van der Waals surface area contributed by atoms with E-state index >= 15 is 0 Å². The second-order valence-corrected chi connectivity index (χ2v) is 7.85. The first-order valence-corrected chi connectivity index (χ1v) is 8.28. The summed E-state index contributed by atoms with van der Waals surface area (Å²) in [6.07, 6.45) is 3.74. The largest absolute Gasteiger partial charge is 0.314 e. The van der Waals surface area contributed by atoms with E-state index in [0.29, 0.717) is 23.3 Å². The van der Waals surface area contributed by atoms with Gasteiger partial charge in [0.05, 0.1) is 0 Å². The monoisotopic (exact) mass is 291 g/mol. The van der Waals surface area contributed by atoms with Crippen LogP contribution in [-0.4, -0.2) is 12.6 Å². The highest BCUT2D eigenvalue weighted by Crippen LogP contribution is 2.46. The van der Waals surface area contributed by atoms with Crippen molar-refractivity contribution in [3.05, 3.63) is 35.1 Å². The summed E-state index contributed by atoms with van der Waals surface area (Å²) in [5.41, 5.74) is 2.48. The van der Waals surface area contributed by atoms with Gasteiger partial charge >= 0.3 is 0 Å². The Bertz CT molecular complexity index is 476. The van der Waals surface area contributed by atoms with Crippen LogP contribution in [0.1, 0.15) is 64.0 Å². The van der Waals surface area contributed by atoms with Gasteiger partial charge in [-0.1, -0.05) is 39.8 Å². The molecule has 1 saturated carbocycles. The van der Waals surface area contributed by atoms with Crippen LogP contribution < -0.4 is 5.32 Å². The molecule has 1 fully saturated rings. The Morgan fingerprint density at radius 1 is 1.33 bits per heavy atom. The Hall–Kier alpha value is -0.890. The Morgan fingerprint density at radius 2 is 2.05 bits per heavy atom. The highest BCUT2D eigenvalue weighted by molar-refractivity contribution is 5.28. The van der Waals surface area contributed by atoms with Crippen molar-refractivity contribution >= 4 is 0 Å². The number of aryl methyl sites for hydroxylation is 1. The normalized spacial score (nSPS) is 25.3. The van der Waals surface area contributed by atoms with Crippen LogP contribution in [0.25, 0.3) is 0 Å². The van der Waals surface area contributed by atoms with Crippen molar-refractivity contribution in [2.45, 2.75) is 65.8 Å². The first kappa shape index (κ1) is 16.5. The zero-order chi connectivity index (χ0) is 15.6. The predicted octanol–water partition coefficient (Wildman–Crippen LogP) is 5.04. The number of benzene rings is 1. The average Bonchev–Trinajstić information content (AvgIpc) is 2.39. The minimum absolute atomic E-state index is 0.0920. The van der Waals surface area contributed by atoms with Crippen LogP contribution in [0.15, 0.2) is 18.2 Å². The lowest BCUT2D eigenvalue weighted by Crippen LogP contribution is -2.37. The summed E-state index contributed by atoms with van der Waals surface area (Å²) in [6, 6.07) is 6.22. The Balaban J connectivity index is 2.21. The van der Waals surface area contributed by atoms with Gasteiger partial charge in [0.25, 0.3) is 0 Å². The van der Waals surface area contributed by atoms with Crippen LogP contribution in [0, 0.1) is 24.1 Å². The third-order valence-electron chi connectivity index (χ3n) is 4.93. The highest BCUT2D eigenvalue weighted by atomic mass is 19.1. The molecule has 1 aromatic carbocycles. The van der Waals surface area contributed by atoms with Crippen molar-refractivity contribution in [1.82, 2.24) is 5.32 Å². The van der Waals surface area contributed by atoms with Crippen LogP contribution >= 0.6 is 0 Å². The molecule has 2 atom stereocenters. The third kappa shape index (κ3) is 4.29. The molecule has 2 unspecified atom stereocenters. The fraction of sp³-hybridized carbons (Fsp3) is 0.684. The highest BCUT2D eigenvalue weighted by Gasteiger charge is 2.35. The quantitative estimate of drug-likeness (QED) is 0.819. The molecule has 2 rings (SSSR count). The first-order valence-electron chi connectivity index (χ1n) is 8.28. The lowest BCUT2D eigenvalue weighted by molar-refractivity contribution is 0.158. The SMILES string of the molecule is Cc1cc(C2CC(C)(C)CCC2CNC(C)C)ccc1F. The Kier molecular flexibility index (Phi) is 5.08. The Morgan fingerprint density at radius 3 is 2.67 bits per heavy atom. The van der Waals surface area contributed by atoms with Crippen molar-refractivity contribution in [1.29, 1.82) is 0 Å². The van der Waals surface area contributed by atoms with Gasteiger partial charge in [0.1, 0.15) is 5.82 Å².